The third-order valence-corrected chi connectivity index (χ3v) is 3.02. The van der Waals surface area contributed by atoms with Gasteiger partial charge < -0.3 is 19.8 Å². The molecule has 1 aromatic rings. The number of esters is 1. The lowest BCUT2D eigenvalue weighted by atomic mass is 10.1. The summed E-state index contributed by atoms with van der Waals surface area (Å²) in [5.41, 5.74) is 6.08. The minimum atomic E-state index is -0.474. The van der Waals surface area contributed by atoms with Gasteiger partial charge in [-0.05, 0) is 26.2 Å². The molecule has 2 N–H and O–H groups in total. The molecule has 1 aliphatic heterocycles. The number of nitrogen functional groups attached to an aromatic ring is 1. The lowest BCUT2D eigenvalue weighted by molar-refractivity contribution is 0.00627. The van der Waals surface area contributed by atoms with Gasteiger partial charge in [0.15, 0.2) is 5.69 Å². The molecule has 1 unspecified atom stereocenters. The van der Waals surface area contributed by atoms with Crippen LogP contribution in [-0.4, -0.2) is 34.8 Å². The lowest BCUT2D eigenvalue weighted by Gasteiger charge is -2.23. The molecule has 6 heteroatoms. The van der Waals surface area contributed by atoms with Crippen LogP contribution in [0.5, 0.6) is 0 Å². The molecule has 0 spiro atoms. The highest BCUT2D eigenvalue weighted by molar-refractivity contribution is 5.92. The van der Waals surface area contributed by atoms with Crippen LogP contribution in [-0.2, 0) is 16.0 Å². The standard InChI is InChI=1S/C12H19N3O3/c1-2-17-12(16)10-11(13)15(8-14-10)7-9-5-3-4-6-18-9/h8-9H,2-7,13H2,1H3. The summed E-state index contributed by atoms with van der Waals surface area (Å²) >= 11 is 0. The summed E-state index contributed by atoms with van der Waals surface area (Å²) in [6, 6.07) is 0. The average Bonchev–Trinajstić information content (AvgIpc) is 2.73. The molecule has 2 heterocycles. The highest BCUT2D eigenvalue weighted by atomic mass is 16.5. The summed E-state index contributed by atoms with van der Waals surface area (Å²) in [6.45, 7) is 3.50. The van der Waals surface area contributed by atoms with Crippen molar-refractivity contribution in [3.63, 3.8) is 0 Å². The zero-order valence-electron chi connectivity index (χ0n) is 10.6. The normalized spacial score (nSPS) is 19.7. The second-order valence-corrected chi connectivity index (χ2v) is 4.34. The summed E-state index contributed by atoms with van der Waals surface area (Å²) in [5, 5.41) is 0. The van der Waals surface area contributed by atoms with Crippen LogP contribution in [0.15, 0.2) is 6.33 Å². The number of carbonyl (C=O) groups excluding carboxylic acids is 1. The second-order valence-electron chi connectivity index (χ2n) is 4.34. The Bertz CT molecular complexity index is 411. The predicted molar refractivity (Wildman–Crippen MR) is 66.2 cm³/mol. The number of nitrogens with zero attached hydrogens (tertiary/aromatic N) is 2. The molecule has 0 aliphatic carbocycles. The smallest absolute Gasteiger partial charge is 0.360 e. The molecule has 18 heavy (non-hydrogen) atoms. The van der Waals surface area contributed by atoms with E-state index in [1.54, 1.807) is 17.8 Å². The van der Waals surface area contributed by atoms with Crippen molar-refractivity contribution in [1.82, 2.24) is 9.55 Å². The van der Waals surface area contributed by atoms with E-state index in [1.807, 2.05) is 0 Å². The van der Waals surface area contributed by atoms with E-state index >= 15 is 0 Å². The minimum absolute atomic E-state index is 0.158. The van der Waals surface area contributed by atoms with Crippen LogP contribution in [0.2, 0.25) is 0 Å². The molecule has 0 aromatic carbocycles. The number of anilines is 1. The van der Waals surface area contributed by atoms with Gasteiger partial charge in [-0.1, -0.05) is 0 Å². The van der Waals surface area contributed by atoms with Crippen molar-refractivity contribution in [1.29, 1.82) is 0 Å². The van der Waals surface area contributed by atoms with Gasteiger partial charge in [0.05, 0.1) is 25.6 Å². The van der Waals surface area contributed by atoms with Crippen LogP contribution in [0.4, 0.5) is 5.82 Å². The molecule has 0 bridgehead atoms. The largest absolute Gasteiger partial charge is 0.461 e. The van der Waals surface area contributed by atoms with Crippen LogP contribution < -0.4 is 5.73 Å². The molecule has 100 valence electrons. The molecular formula is C12H19N3O3. The van der Waals surface area contributed by atoms with Crippen LogP contribution >= 0.6 is 0 Å². The topological polar surface area (TPSA) is 79.4 Å². The number of imidazole rings is 1. The van der Waals surface area contributed by atoms with E-state index in [4.69, 9.17) is 15.2 Å². The van der Waals surface area contributed by atoms with Crippen molar-refractivity contribution in [3.8, 4) is 0 Å². The first-order valence-corrected chi connectivity index (χ1v) is 6.31. The van der Waals surface area contributed by atoms with E-state index in [9.17, 15) is 4.79 Å². The number of aromatic nitrogens is 2. The van der Waals surface area contributed by atoms with Crippen molar-refractivity contribution in [3.05, 3.63) is 12.0 Å². The van der Waals surface area contributed by atoms with Gasteiger partial charge >= 0.3 is 5.97 Å². The van der Waals surface area contributed by atoms with Crippen LogP contribution in [0.1, 0.15) is 36.7 Å². The molecule has 1 atom stereocenters. The van der Waals surface area contributed by atoms with Crippen LogP contribution in [0, 0.1) is 0 Å². The van der Waals surface area contributed by atoms with Gasteiger partial charge in [0.25, 0.3) is 0 Å². The molecule has 6 nitrogen and oxygen atoms in total. The summed E-state index contributed by atoms with van der Waals surface area (Å²) in [6.07, 6.45) is 5.03. The van der Waals surface area contributed by atoms with E-state index in [0.29, 0.717) is 19.0 Å². The Balaban J connectivity index is 2.03. The Hall–Kier alpha value is -1.56. The van der Waals surface area contributed by atoms with E-state index in [1.165, 1.54) is 6.42 Å². The molecule has 1 aliphatic rings. The van der Waals surface area contributed by atoms with E-state index in [0.717, 1.165) is 19.4 Å². The van der Waals surface area contributed by atoms with Crippen molar-refractivity contribution in [2.45, 2.75) is 38.8 Å². The van der Waals surface area contributed by atoms with Gasteiger partial charge in [-0.2, -0.15) is 0 Å². The Morgan fingerprint density at radius 1 is 1.67 bits per heavy atom. The fraction of sp³-hybridized carbons (Fsp3) is 0.667. The molecule has 1 saturated heterocycles. The van der Waals surface area contributed by atoms with Crippen molar-refractivity contribution in [2.24, 2.45) is 0 Å². The molecule has 1 fully saturated rings. The van der Waals surface area contributed by atoms with Gasteiger partial charge in [-0.25, -0.2) is 9.78 Å². The first kappa shape index (κ1) is 12.9. The van der Waals surface area contributed by atoms with E-state index in [-0.39, 0.29) is 11.8 Å². The zero-order chi connectivity index (χ0) is 13.0. The van der Waals surface area contributed by atoms with E-state index < -0.39 is 5.97 Å². The van der Waals surface area contributed by atoms with Crippen molar-refractivity contribution < 1.29 is 14.3 Å². The first-order valence-electron chi connectivity index (χ1n) is 6.31. The van der Waals surface area contributed by atoms with E-state index in [2.05, 4.69) is 4.98 Å². The van der Waals surface area contributed by atoms with Crippen LogP contribution in [0.3, 0.4) is 0 Å². The van der Waals surface area contributed by atoms with Crippen molar-refractivity contribution in [2.75, 3.05) is 18.9 Å². The maximum absolute atomic E-state index is 11.6. The number of hydrogen-bond acceptors (Lipinski definition) is 5. The summed E-state index contributed by atoms with van der Waals surface area (Å²) in [5.74, 6) is -0.124. The minimum Gasteiger partial charge on any atom is -0.461 e. The summed E-state index contributed by atoms with van der Waals surface area (Å²) < 4.78 is 12.3. The molecule has 0 amide bonds. The number of nitrogens with two attached hydrogens (primary N) is 1. The predicted octanol–water partition coefficient (Wildman–Crippen LogP) is 1.21. The van der Waals surface area contributed by atoms with Gasteiger partial charge in [-0.15, -0.1) is 0 Å². The van der Waals surface area contributed by atoms with Gasteiger partial charge in [0.1, 0.15) is 5.82 Å². The van der Waals surface area contributed by atoms with Gasteiger partial charge in [-0.3, -0.25) is 0 Å². The summed E-state index contributed by atoms with van der Waals surface area (Å²) in [4.78, 5) is 15.6. The SMILES string of the molecule is CCOC(=O)c1ncn(CC2CCCCO2)c1N. The second kappa shape index (κ2) is 5.86. The fourth-order valence-electron chi connectivity index (χ4n) is 2.06. The Morgan fingerprint density at radius 3 is 3.17 bits per heavy atom. The first-order chi connectivity index (χ1) is 8.72. The summed E-state index contributed by atoms with van der Waals surface area (Å²) in [7, 11) is 0. The molecule has 1 aromatic heterocycles. The zero-order valence-corrected chi connectivity index (χ0v) is 10.6. The highest BCUT2D eigenvalue weighted by Gasteiger charge is 2.20. The maximum atomic E-state index is 11.6. The maximum Gasteiger partial charge on any atom is 0.360 e. The third kappa shape index (κ3) is 2.81. The third-order valence-electron chi connectivity index (χ3n) is 3.02. The van der Waals surface area contributed by atoms with Gasteiger partial charge in [0.2, 0.25) is 0 Å². The monoisotopic (exact) mass is 253 g/mol. The quantitative estimate of drug-likeness (QED) is 0.816. The Kier molecular flexibility index (Phi) is 4.19. The number of hydrogen-bond donors (Lipinski definition) is 1. The molecule has 0 saturated carbocycles. The number of ether oxygens (including phenoxy) is 2. The molecule has 0 radical (unpaired) electrons. The number of rotatable bonds is 4. The lowest BCUT2D eigenvalue weighted by Crippen LogP contribution is -2.25. The van der Waals surface area contributed by atoms with Crippen LogP contribution in [0.25, 0.3) is 0 Å². The molecular weight excluding hydrogens is 234 g/mol. The molecule has 2 rings (SSSR count). The number of carbonyl (C=O) groups is 1. The van der Waals surface area contributed by atoms with Crippen molar-refractivity contribution >= 4 is 11.8 Å². The fourth-order valence-corrected chi connectivity index (χ4v) is 2.06. The Labute approximate surface area is 106 Å². The highest BCUT2D eigenvalue weighted by Crippen LogP contribution is 2.18. The Morgan fingerprint density at radius 2 is 2.50 bits per heavy atom. The average molecular weight is 253 g/mol. The van der Waals surface area contributed by atoms with Gasteiger partial charge in [0, 0.05) is 6.61 Å².